The number of fused-ring (bicyclic) bond motifs is 4. The number of aromatic nitrogens is 1. The Morgan fingerprint density at radius 2 is 2.09 bits per heavy atom. The van der Waals surface area contributed by atoms with Crippen molar-refractivity contribution in [3.05, 3.63) is 69.3 Å². The van der Waals surface area contributed by atoms with Crippen LogP contribution in [0.4, 0.5) is 16.3 Å². The maximum Gasteiger partial charge on any atom is 0.319 e. The van der Waals surface area contributed by atoms with Gasteiger partial charge in [0.25, 0.3) is 0 Å². The molecule has 0 saturated heterocycles. The SMILES string of the molecule is O=C1CCc2c(Oc3ccc4c(c3)[C@H]3[C@@H](NC(=O)Nc5cc(Br)ccc5Cl)[C@H]3O4)ccnc2N1. The monoisotopic (exact) mass is 540 g/mol. The lowest BCUT2D eigenvalue weighted by atomic mass is 10.1. The van der Waals surface area contributed by atoms with Crippen LogP contribution >= 0.6 is 27.5 Å². The minimum absolute atomic E-state index is 0.0450. The Balaban J connectivity index is 1.15. The lowest BCUT2D eigenvalue weighted by Gasteiger charge is -2.19. The molecule has 172 valence electrons. The van der Waals surface area contributed by atoms with Crippen LogP contribution in [0.2, 0.25) is 5.02 Å². The first-order valence-electron chi connectivity index (χ1n) is 10.7. The largest absolute Gasteiger partial charge is 0.487 e. The van der Waals surface area contributed by atoms with Crippen LogP contribution in [0, 0.1) is 0 Å². The third-order valence-electron chi connectivity index (χ3n) is 6.13. The summed E-state index contributed by atoms with van der Waals surface area (Å²) in [6, 6.07) is 12.2. The van der Waals surface area contributed by atoms with Gasteiger partial charge in [-0.2, -0.15) is 0 Å². The van der Waals surface area contributed by atoms with E-state index in [1.54, 1.807) is 30.5 Å². The highest BCUT2D eigenvalue weighted by Gasteiger charge is 2.59. The van der Waals surface area contributed by atoms with Gasteiger partial charge >= 0.3 is 6.03 Å². The van der Waals surface area contributed by atoms with E-state index < -0.39 is 0 Å². The molecule has 3 heterocycles. The number of hydrogen-bond donors (Lipinski definition) is 3. The van der Waals surface area contributed by atoms with Gasteiger partial charge in [0.15, 0.2) is 0 Å². The van der Waals surface area contributed by atoms with E-state index in [0.29, 0.717) is 40.9 Å². The molecule has 10 heteroatoms. The molecule has 1 saturated carbocycles. The van der Waals surface area contributed by atoms with Gasteiger partial charge in [0.1, 0.15) is 29.2 Å². The molecule has 0 spiro atoms. The molecule has 3 aliphatic rings. The summed E-state index contributed by atoms with van der Waals surface area (Å²) in [6.45, 7) is 0. The lowest BCUT2D eigenvalue weighted by molar-refractivity contribution is -0.116. The number of hydrogen-bond acceptors (Lipinski definition) is 5. The van der Waals surface area contributed by atoms with Crippen LogP contribution in [0.25, 0.3) is 0 Å². The van der Waals surface area contributed by atoms with Crippen LogP contribution in [0.5, 0.6) is 17.2 Å². The second-order valence-electron chi connectivity index (χ2n) is 8.34. The normalized spacial score (nSPS) is 21.4. The van der Waals surface area contributed by atoms with E-state index in [2.05, 4.69) is 36.9 Å². The third-order valence-corrected chi connectivity index (χ3v) is 6.96. The van der Waals surface area contributed by atoms with E-state index in [-0.39, 0.29) is 30.0 Å². The predicted octanol–water partition coefficient (Wildman–Crippen LogP) is 5.22. The first kappa shape index (κ1) is 21.2. The fourth-order valence-electron chi connectivity index (χ4n) is 4.46. The number of nitrogens with one attached hydrogen (secondary N) is 3. The maximum atomic E-state index is 12.5. The number of rotatable bonds is 4. The zero-order valence-corrected chi connectivity index (χ0v) is 19.9. The zero-order valence-electron chi connectivity index (χ0n) is 17.6. The van der Waals surface area contributed by atoms with Crippen molar-refractivity contribution in [1.82, 2.24) is 10.3 Å². The number of urea groups is 1. The van der Waals surface area contributed by atoms with Gasteiger partial charge in [-0.05, 0) is 48.9 Å². The van der Waals surface area contributed by atoms with Crippen LogP contribution in [0.3, 0.4) is 0 Å². The number of amides is 3. The van der Waals surface area contributed by atoms with Gasteiger partial charge in [-0.3, -0.25) is 4.79 Å². The summed E-state index contributed by atoms with van der Waals surface area (Å²) in [5.41, 5.74) is 2.39. The molecule has 0 radical (unpaired) electrons. The number of carbonyl (C=O) groups excluding carboxylic acids is 2. The Hall–Kier alpha value is -3.30. The average Bonchev–Trinajstić information content (AvgIpc) is 3.32. The van der Waals surface area contributed by atoms with Crippen molar-refractivity contribution in [2.24, 2.45) is 0 Å². The molecule has 8 nitrogen and oxygen atoms in total. The Labute approximate surface area is 208 Å². The van der Waals surface area contributed by atoms with Gasteiger partial charge in [-0.25, -0.2) is 9.78 Å². The molecule has 34 heavy (non-hydrogen) atoms. The molecule has 0 bridgehead atoms. The van der Waals surface area contributed by atoms with Gasteiger partial charge in [0.2, 0.25) is 5.91 Å². The highest BCUT2D eigenvalue weighted by atomic mass is 79.9. The van der Waals surface area contributed by atoms with E-state index in [0.717, 1.165) is 21.3 Å². The van der Waals surface area contributed by atoms with E-state index in [1.165, 1.54) is 0 Å². The first-order chi connectivity index (χ1) is 16.5. The van der Waals surface area contributed by atoms with E-state index >= 15 is 0 Å². The minimum atomic E-state index is -0.345. The summed E-state index contributed by atoms with van der Waals surface area (Å²) in [6.07, 6.45) is 2.48. The summed E-state index contributed by atoms with van der Waals surface area (Å²) >= 11 is 9.54. The van der Waals surface area contributed by atoms with Crippen LogP contribution in [-0.2, 0) is 11.2 Å². The molecule has 0 unspecified atom stereocenters. The van der Waals surface area contributed by atoms with E-state index in [1.807, 2.05) is 18.2 Å². The Kier molecular flexibility index (Phi) is 5.11. The van der Waals surface area contributed by atoms with Crippen LogP contribution < -0.4 is 25.4 Å². The minimum Gasteiger partial charge on any atom is -0.487 e. The molecular weight excluding hydrogens is 524 g/mol. The van der Waals surface area contributed by atoms with Gasteiger partial charge < -0.3 is 25.4 Å². The summed E-state index contributed by atoms with van der Waals surface area (Å²) in [5, 5.41) is 8.99. The van der Waals surface area contributed by atoms with Gasteiger partial charge in [-0.1, -0.05) is 27.5 Å². The molecular formula is C24H18BrClN4O4. The van der Waals surface area contributed by atoms with Crippen molar-refractivity contribution in [2.75, 3.05) is 10.6 Å². The highest BCUT2D eigenvalue weighted by molar-refractivity contribution is 9.10. The summed E-state index contributed by atoms with van der Waals surface area (Å²) in [5.74, 6) is 2.66. The average molecular weight is 542 g/mol. The number of carbonyl (C=O) groups is 2. The Bertz CT molecular complexity index is 1350. The molecule has 2 aliphatic heterocycles. The summed E-state index contributed by atoms with van der Waals surface area (Å²) in [7, 11) is 0. The number of benzene rings is 2. The van der Waals surface area contributed by atoms with Crippen LogP contribution in [0.1, 0.15) is 23.5 Å². The van der Waals surface area contributed by atoms with E-state index in [9.17, 15) is 9.59 Å². The Morgan fingerprint density at radius 1 is 1.21 bits per heavy atom. The number of nitrogens with zero attached hydrogens (tertiary/aromatic N) is 1. The number of anilines is 2. The fraction of sp³-hybridized carbons (Fsp3) is 0.208. The quantitative estimate of drug-likeness (QED) is 0.420. The molecule has 6 rings (SSSR count). The lowest BCUT2D eigenvalue weighted by Crippen LogP contribution is -2.34. The number of halogens is 2. The van der Waals surface area contributed by atoms with Gasteiger partial charge in [0.05, 0.1) is 22.7 Å². The van der Waals surface area contributed by atoms with Crippen molar-refractivity contribution >= 4 is 51.0 Å². The van der Waals surface area contributed by atoms with E-state index in [4.69, 9.17) is 21.1 Å². The molecule has 2 aromatic carbocycles. The summed E-state index contributed by atoms with van der Waals surface area (Å²) < 4.78 is 13.0. The second-order valence-corrected chi connectivity index (χ2v) is 9.67. The molecule has 3 amide bonds. The standard InChI is InChI=1S/C24H18BrClN4O4/c25-11-1-4-15(26)16(9-11)28-24(32)30-21-20-14-10-12(2-5-17(14)34-22(20)21)33-18-7-8-27-23-13(18)3-6-19(31)29-23/h1-2,4-5,7-10,20-22H,3,6H2,(H,27,29,31)(H2,28,30,32)/t20-,21+,22-/m0/s1. The highest BCUT2D eigenvalue weighted by Crippen LogP contribution is 2.54. The smallest absolute Gasteiger partial charge is 0.319 e. The van der Waals surface area contributed by atoms with Crippen molar-refractivity contribution in [2.45, 2.75) is 30.9 Å². The topological polar surface area (TPSA) is 102 Å². The van der Waals surface area contributed by atoms with Crippen molar-refractivity contribution in [1.29, 1.82) is 0 Å². The molecule has 1 fully saturated rings. The number of ether oxygens (including phenoxy) is 2. The maximum absolute atomic E-state index is 12.5. The Morgan fingerprint density at radius 3 is 2.97 bits per heavy atom. The summed E-state index contributed by atoms with van der Waals surface area (Å²) in [4.78, 5) is 28.4. The van der Waals surface area contributed by atoms with Crippen molar-refractivity contribution in [3.8, 4) is 17.2 Å². The number of pyridine rings is 1. The molecule has 1 aliphatic carbocycles. The van der Waals surface area contributed by atoms with Crippen molar-refractivity contribution < 1.29 is 19.1 Å². The third kappa shape index (κ3) is 3.84. The first-order valence-corrected chi connectivity index (χ1v) is 11.9. The second kappa shape index (κ2) is 8.18. The zero-order chi connectivity index (χ0) is 23.4. The van der Waals surface area contributed by atoms with Gasteiger partial charge in [0, 0.05) is 28.2 Å². The molecule has 1 aromatic heterocycles. The van der Waals surface area contributed by atoms with Crippen LogP contribution in [0.15, 0.2) is 53.1 Å². The fourth-order valence-corrected chi connectivity index (χ4v) is 4.99. The predicted molar refractivity (Wildman–Crippen MR) is 130 cm³/mol. The van der Waals surface area contributed by atoms with Gasteiger partial charge in [-0.15, -0.1) is 0 Å². The molecule has 3 aromatic rings. The van der Waals surface area contributed by atoms with Crippen LogP contribution in [-0.4, -0.2) is 29.1 Å². The van der Waals surface area contributed by atoms with Crippen molar-refractivity contribution in [3.63, 3.8) is 0 Å². The molecule has 3 N–H and O–H groups in total. The molecule has 3 atom stereocenters.